The summed E-state index contributed by atoms with van der Waals surface area (Å²) in [5.41, 5.74) is -0.397. The van der Waals surface area contributed by atoms with Gasteiger partial charge in [0.25, 0.3) is 5.91 Å². The van der Waals surface area contributed by atoms with E-state index in [1.54, 1.807) is 19.4 Å². The Balaban J connectivity index is 0.000000929. The van der Waals surface area contributed by atoms with Crippen molar-refractivity contribution in [3.63, 3.8) is 0 Å². The third-order valence-corrected chi connectivity index (χ3v) is 10.9. The number of likely N-dealkylation sites (tertiary alicyclic amines) is 1. The second kappa shape index (κ2) is 17.2. The fourth-order valence-electron chi connectivity index (χ4n) is 5.90. The molecule has 0 bridgehead atoms. The predicted molar refractivity (Wildman–Crippen MR) is 198 cm³/mol. The molecular formula is C36H51ClF3N7O4S. The van der Waals surface area contributed by atoms with Gasteiger partial charge in [-0.1, -0.05) is 11.6 Å². The second-order valence-electron chi connectivity index (χ2n) is 15.2. The molecule has 1 saturated carbocycles. The highest BCUT2D eigenvalue weighted by Crippen LogP contribution is 2.59. The maximum atomic E-state index is 13.1. The van der Waals surface area contributed by atoms with Gasteiger partial charge < -0.3 is 19.7 Å². The predicted octanol–water partition coefficient (Wildman–Crippen LogP) is 7.89. The molecule has 288 valence electrons. The van der Waals surface area contributed by atoms with Crippen molar-refractivity contribution in [1.82, 2.24) is 29.7 Å². The molecule has 11 nitrogen and oxygen atoms in total. The van der Waals surface area contributed by atoms with Gasteiger partial charge in [0.05, 0.1) is 28.2 Å². The van der Waals surface area contributed by atoms with Crippen molar-refractivity contribution < 1.29 is 32.2 Å². The van der Waals surface area contributed by atoms with Crippen LogP contribution in [0.5, 0.6) is 5.88 Å². The van der Waals surface area contributed by atoms with Crippen LogP contribution in [-0.4, -0.2) is 81.9 Å². The quantitative estimate of drug-likeness (QED) is 0.0913. The maximum Gasteiger partial charge on any atom is 0.394 e. The molecule has 16 heteroatoms. The number of amides is 2. The molecule has 1 aliphatic carbocycles. The normalized spacial score (nSPS) is 20.2. The number of aliphatic imine (C=N–C) groups is 1. The summed E-state index contributed by atoms with van der Waals surface area (Å²) in [6.45, 7) is 13.7. The van der Waals surface area contributed by atoms with Crippen LogP contribution in [0.2, 0.25) is 5.15 Å². The van der Waals surface area contributed by atoms with Crippen molar-refractivity contribution in [3.05, 3.63) is 45.7 Å². The third-order valence-electron chi connectivity index (χ3n) is 9.62. The van der Waals surface area contributed by atoms with Crippen LogP contribution in [0, 0.1) is 11.3 Å². The van der Waals surface area contributed by atoms with Crippen LogP contribution in [0.15, 0.2) is 40.0 Å². The van der Waals surface area contributed by atoms with E-state index in [-0.39, 0.29) is 53.6 Å². The van der Waals surface area contributed by atoms with Gasteiger partial charge in [0.2, 0.25) is 12.3 Å². The molecule has 2 aromatic heterocycles. The van der Waals surface area contributed by atoms with E-state index in [4.69, 9.17) is 26.1 Å². The first-order chi connectivity index (χ1) is 24.4. The Labute approximate surface area is 313 Å². The van der Waals surface area contributed by atoms with Gasteiger partial charge >= 0.3 is 6.18 Å². The second-order valence-corrected chi connectivity index (χ2v) is 16.4. The first-order valence-electron chi connectivity index (χ1n) is 17.5. The molecule has 3 aliphatic rings. The van der Waals surface area contributed by atoms with E-state index >= 15 is 0 Å². The van der Waals surface area contributed by atoms with E-state index in [2.05, 4.69) is 34.0 Å². The number of carbonyl (C=O) groups excluding carboxylic acids is 2. The number of amidine groups is 1. The highest BCUT2D eigenvalue weighted by atomic mass is 35.5. The molecule has 1 atom stereocenters. The van der Waals surface area contributed by atoms with E-state index in [0.717, 1.165) is 73.4 Å². The molecule has 2 fully saturated rings. The van der Waals surface area contributed by atoms with Crippen molar-refractivity contribution in [1.29, 1.82) is 0 Å². The number of hydrogen-bond acceptors (Lipinski definition) is 8. The summed E-state index contributed by atoms with van der Waals surface area (Å²) in [4.78, 5) is 35.2. The van der Waals surface area contributed by atoms with Crippen LogP contribution in [0.3, 0.4) is 0 Å². The topological polar surface area (TPSA) is 123 Å². The van der Waals surface area contributed by atoms with Gasteiger partial charge in [0.1, 0.15) is 11.0 Å². The molecule has 2 amide bonds. The monoisotopic (exact) mass is 769 g/mol. The SMILES string of the molecule is CC1=C(SNC(=O)c2ccc(-n3ccc(OCCC4(C(F)(F)F)CC4)n3)nc2Cl)NC(=NCCCC2CN(C=O)C(C)(C)C2)CC1.COC(C)(C)C. The van der Waals surface area contributed by atoms with Crippen molar-refractivity contribution in [3.8, 4) is 11.7 Å². The van der Waals surface area contributed by atoms with Crippen molar-refractivity contribution in [2.75, 3.05) is 26.8 Å². The number of pyridine rings is 1. The first-order valence-corrected chi connectivity index (χ1v) is 18.7. The summed E-state index contributed by atoms with van der Waals surface area (Å²) in [5.74, 6) is 1.44. The van der Waals surface area contributed by atoms with Crippen LogP contribution < -0.4 is 14.8 Å². The largest absolute Gasteiger partial charge is 0.477 e. The Kier molecular flexibility index (Phi) is 13.7. The maximum absolute atomic E-state index is 13.1. The minimum Gasteiger partial charge on any atom is -0.477 e. The lowest BCUT2D eigenvalue weighted by atomic mass is 9.93. The van der Waals surface area contributed by atoms with Crippen molar-refractivity contribution >= 4 is 41.7 Å². The Morgan fingerprint density at radius 1 is 1.21 bits per heavy atom. The Hall–Kier alpha value is -3.30. The van der Waals surface area contributed by atoms with Crippen LogP contribution in [0.4, 0.5) is 13.2 Å². The number of carbonyl (C=O) groups is 2. The minimum absolute atomic E-state index is 0.0270. The number of halogens is 4. The number of allylic oxidation sites excluding steroid dienone is 1. The Morgan fingerprint density at radius 3 is 2.52 bits per heavy atom. The van der Waals surface area contributed by atoms with Gasteiger partial charge in [-0.15, -0.1) is 5.10 Å². The fourth-order valence-corrected chi connectivity index (χ4v) is 6.89. The first kappa shape index (κ1) is 41.5. The number of nitrogens with one attached hydrogen (secondary N) is 2. The fraction of sp³-hybridized carbons (Fsp3) is 0.639. The summed E-state index contributed by atoms with van der Waals surface area (Å²) >= 11 is 7.52. The molecule has 52 heavy (non-hydrogen) atoms. The van der Waals surface area contributed by atoms with E-state index in [1.807, 2.05) is 32.6 Å². The zero-order chi connectivity index (χ0) is 38.3. The number of methoxy groups -OCH3 is 1. The zero-order valence-electron chi connectivity index (χ0n) is 31.0. The minimum atomic E-state index is -4.22. The van der Waals surface area contributed by atoms with E-state index in [9.17, 15) is 22.8 Å². The van der Waals surface area contributed by atoms with Gasteiger partial charge in [-0.25, -0.2) is 9.67 Å². The lowest BCUT2D eigenvalue weighted by Gasteiger charge is -2.27. The zero-order valence-corrected chi connectivity index (χ0v) is 32.6. The number of rotatable bonds is 13. The summed E-state index contributed by atoms with van der Waals surface area (Å²) in [6, 6.07) is 4.64. The number of alkyl halides is 3. The van der Waals surface area contributed by atoms with Crippen LogP contribution >= 0.6 is 23.5 Å². The molecule has 5 rings (SSSR count). The van der Waals surface area contributed by atoms with Gasteiger partial charge in [0.15, 0.2) is 5.82 Å². The molecule has 0 spiro atoms. The summed E-state index contributed by atoms with van der Waals surface area (Å²) in [7, 11) is 1.71. The lowest BCUT2D eigenvalue weighted by molar-refractivity contribution is -0.190. The molecule has 4 heterocycles. The average molecular weight is 770 g/mol. The highest BCUT2D eigenvalue weighted by Gasteiger charge is 2.62. The third kappa shape index (κ3) is 11.3. The molecule has 1 saturated heterocycles. The van der Waals surface area contributed by atoms with E-state index < -0.39 is 17.5 Å². The van der Waals surface area contributed by atoms with Gasteiger partial charge in [-0.2, -0.15) is 13.2 Å². The summed E-state index contributed by atoms with van der Waals surface area (Å²) < 4.78 is 54.0. The van der Waals surface area contributed by atoms with Crippen LogP contribution in [0.1, 0.15) is 103 Å². The number of hydrogen-bond donors (Lipinski definition) is 2. The van der Waals surface area contributed by atoms with Crippen molar-refractivity contribution in [2.45, 2.75) is 110 Å². The lowest BCUT2D eigenvalue weighted by Crippen LogP contribution is -2.36. The molecule has 2 aromatic rings. The summed E-state index contributed by atoms with van der Waals surface area (Å²) in [5, 5.41) is 8.34. The number of aromatic nitrogens is 3. The number of ether oxygens (including phenoxy) is 2. The number of nitrogens with zero attached hydrogens (tertiary/aromatic N) is 5. The van der Waals surface area contributed by atoms with Crippen LogP contribution in [0.25, 0.3) is 5.82 Å². The van der Waals surface area contributed by atoms with Gasteiger partial charge in [-0.3, -0.25) is 19.3 Å². The smallest absolute Gasteiger partial charge is 0.394 e. The summed E-state index contributed by atoms with van der Waals surface area (Å²) in [6.07, 6.45) is 3.01. The Morgan fingerprint density at radius 2 is 1.92 bits per heavy atom. The van der Waals surface area contributed by atoms with Crippen LogP contribution in [-0.2, 0) is 9.53 Å². The highest BCUT2D eigenvalue weighted by molar-refractivity contribution is 8.01. The molecule has 0 aromatic carbocycles. The molecular weight excluding hydrogens is 719 g/mol. The van der Waals surface area contributed by atoms with E-state index in [0.29, 0.717) is 18.3 Å². The van der Waals surface area contributed by atoms with Gasteiger partial charge in [-0.05, 0) is 110 Å². The molecule has 2 aliphatic heterocycles. The average Bonchev–Trinajstić information content (AvgIpc) is 3.63. The van der Waals surface area contributed by atoms with Gasteiger partial charge in [0, 0.05) is 56.4 Å². The Bertz CT molecular complexity index is 1620. The van der Waals surface area contributed by atoms with Crippen molar-refractivity contribution in [2.24, 2.45) is 16.3 Å². The molecule has 0 radical (unpaired) electrons. The molecule has 2 N–H and O–H groups in total. The standard InChI is InChI=1S/C31H39ClF3N7O3S.C5H12O/c1-20-6-8-23(36-14-4-5-21-17-29(2,3)41(18-21)19-43)37-28(20)46-40-27(44)22-7-9-24(38-26(22)32)42-15-10-25(39-42)45-16-13-30(11-12-30)31(33,34)35;1-5(2,3)6-4/h7,9-10,15,19,21H,4-6,8,11-14,16-18H2,1-3H3,(H,36,37)(H,40,44);1-4H3. The van der Waals surface area contributed by atoms with E-state index in [1.165, 1.54) is 16.8 Å². The molecule has 1 unspecified atom stereocenters.